The Kier molecular flexibility index (Phi) is 5.69. The predicted octanol–water partition coefficient (Wildman–Crippen LogP) is 3.75. The van der Waals surface area contributed by atoms with Crippen LogP contribution in [0, 0.1) is 5.82 Å². The van der Waals surface area contributed by atoms with E-state index < -0.39 is 0 Å². The van der Waals surface area contributed by atoms with Crippen molar-refractivity contribution >= 4 is 34.1 Å². The van der Waals surface area contributed by atoms with Gasteiger partial charge in [0, 0.05) is 5.25 Å². The first-order valence-electron chi connectivity index (χ1n) is 6.61. The van der Waals surface area contributed by atoms with E-state index in [0.717, 1.165) is 16.3 Å². The van der Waals surface area contributed by atoms with Gasteiger partial charge in [-0.25, -0.2) is 4.39 Å². The van der Waals surface area contributed by atoms with Crippen molar-refractivity contribution in [2.75, 3.05) is 5.32 Å². The van der Waals surface area contributed by atoms with Gasteiger partial charge in [0.2, 0.25) is 11.0 Å². The molecular formula is C14H16FN3OS2. The summed E-state index contributed by atoms with van der Waals surface area (Å²) in [5.41, 5.74) is 0.757. The third-order valence-electron chi connectivity index (χ3n) is 2.81. The van der Waals surface area contributed by atoms with Crippen molar-refractivity contribution in [2.45, 2.75) is 36.3 Å². The Morgan fingerprint density at radius 1 is 1.38 bits per heavy atom. The number of aromatic nitrogens is 2. The molecule has 2 rings (SSSR count). The van der Waals surface area contributed by atoms with E-state index in [4.69, 9.17) is 0 Å². The van der Waals surface area contributed by atoms with Crippen LogP contribution in [0.15, 0.2) is 28.6 Å². The van der Waals surface area contributed by atoms with Crippen LogP contribution in [0.1, 0.15) is 25.8 Å². The summed E-state index contributed by atoms with van der Waals surface area (Å²) >= 11 is 3.02. The molecule has 0 aliphatic heterocycles. The van der Waals surface area contributed by atoms with Gasteiger partial charge in [-0.05, 0) is 24.1 Å². The first-order chi connectivity index (χ1) is 10.1. The van der Waals surface area contributed by atoms with Gasteiger partial charge in [-0.15, -0.1) is 10.2 Å². The lowest BCUT2D eigenvalue weighted by molar-refractivity contribution is -0.115. The van der Waals surface area contributed by atoms with Gasteiger partial charge >= 0.3 is 0 Å². The fourth-order valence-electron chi connectivity index (χ4n) is 1.51. The fourth-order valence-corrected chi connectivity index (χ4v) is 3.53. The highest BCUT2D eigenvalue weighted by Gasteiger charge is 2.11. The maximum Gasteiger partial charge on any atom is 0.230 e. The molecule has 0 bridgehead atoms. The summed E-state index contributed by atoms with van der Waals surface area (Å²) in [6, 6.07) is 5.88. The summed E-state index contributed by atoms with van der Waals surface area (Å²) in [5, 5.41) is 11.7. The molecule has 0 saturated heterocycles. The Morgan fingerprint density at radius 3 is 2.76 bits per heavy atom. The predicted molar refractivity (Wildman–Crippen MR) is 84.3 cm³/mol. The zero-order valence-corrected chi connectivity index (χ0v) is 13.4. The molecule has 21 heavy (non-hydrogen) atoms. The summed E-state index contributed by atoms with van der Waals surface area (Å²) in [6.07, 6.45) is 1.24. The van der Waals surface area contributed by atoms with Gasteiger partial charge in [0.1, 0.15) is 5.82 Å². The number of amides is 1. The third kappa shape index (κ3) is 5.09. The van der Waals surface area contributed by atoms with E-state index in [1.807, 2.05) is 0 Å². The smallest absolute Gasteiger partial charge is 0.230 e. The van der Waals surface area contributed by atoms with Gasteiger partial charge in [0.15, 0.2) is 4.34 Å². The molecule has 0 radical (unpaired) electrons. The molecule has 1 heterocycles. The minimum atomic E-state index is -0.310. The summed E-state index contributed by atoms with van der Waals surface area (Å²) in [5.74, 6) is -0.493. The number of benzene rings is 1. The zero-order chi connectivity index (χ0) is 15.2. The van der Waals surface area contributed by atoms with Gasteiger partial charge in [0.25, 0.3) is 0 Å². The number of carbonyl (C=O) groups is 1. The Labute approximate surface area is 131 Å². The molecule has 0 spiro atoms. The lowest BCUT2D eigenvalue weighted by Gasteiger charge is -2.03. The van der Waals surface area contributed by atoms with Gasteiger partial charge in [0.05, 0.1) is 6.42 Å². The SMILES string of the molecule is CCC(C)Sc1nnc(NC(=O)Cc2ccc(F)cc2)s1. The molecule has 2 aromatic rings. The van der Waals surface area contributed by atoms with E-state index in [1.165, 1.54) is 23.5 Å². The average molecular weight is 325 g/mol. The number of hydrogen-bond donors (Lipinski definition) is 1. The highest BCUT2D eigenvalue weighted by Crippen LogP contribution is 2.29. The second-order valence-corrected chi connectivity index (χ2v) is 7.22. The maximum absolute atomic E-state index is 12.8. The Hall–Kier alpha value is -1.47. The van der Waals surface area contributed by atoms with Crippen molar-refractivity contribution in [3.63, 3.8) is 0 Å². The Morgan fingerprint density at radius 2 is 2.10 bits per heavy atom. The van der Waals surface area contributed by atoms with Crippen LogP contribution < -0.4 is 5.32 Å². The van der Waals surface area contributed by atoms with Gasteiger partial charge in [-0.3, -0.25) is 4.79 Å². The highest BCUT2D eigenvalue weighted by atomic mass is 32.2. The monoisotopic (exact) mass is 325 g/mol. The summed E-state index contributed by atoms with van der Waals surface area (Å²) < 4.78 is 13.6. The number of nitrogens with one attached hydrogen (secondary N) is 1. The molecule has 0 aliphatic rings. The van der Waals surface area contributed by atoms with Gasteiger partial charge in [-0.1, -0.05) is 49.1 Å². The van der Waals surface area contributed by atoms with Gasteiger partial charge < -0.3 is 5.32 Å². The molecular weight excluding hydrogens is 309 g/mol. The van der Waals surface area contributed by atoms with E-state index in [2.05, 4.69) is 29.4 Å². The second kappa shape index (κ2) is 7.51. The van der Waals surface area contributed by atoms with Gasteiger partial charge in [-0.2, -0.15) is 0 Å². The second-order valence-electron chi connectivity index (χ2n) is 4.56. The van der Waals surface area contributed by atoms with Crippen LogP contribution in [0.2, 0.25) is 0 Å². The van der Waals surface area contributed by atoms with Crippen molar-refractivity contribution in [1.82, 2.24) is 10.2 Å². The minimum Gasteiger partial charge on any atom is -0.300 e. The Balaban J connectivity index is 1.89. The molecule has 1 N–H and O–H groups in total. The van der Waals surface area contributed by atoms with Crippen molar-refractivity contribution in [3.05, 3.63) is 35.6 Å². The van der Waals surface area contributed by atoms with Crippen LogP contribution in [-0.2, 0) is 11.2 Å². The molecule has 112 valence electrons. The average Bonchev–Trinajstić information content (AvgIpc) is 2.88. The third-order valence-corrected chi connectivity index (χ3v) is 5.00. The van der Waals surface area contributed by atoms with Crippen molar-refractivity contribution < 1.29 is 9.18 Å². The zero-order valence-electron chi connectivity index (χ0n) is 11.8. The quantitative estimate of drug-likeness (QED) is 0.649. The largest absolute Gasteiger partial charge is 0.300 e. The van der Waals surface area contributed by atoms with Crippen LogP contribution in [-0.4, -0.2) is 21.4 Å². The van der Waals surface area contributed by atoms with Crippen LogP contribution in [0.5, 0.6) is 0 Å². The molecule has 1 amide bonds. The first-order valence-corrected chi connectivity index (χ1v) is 8.31. The summed E-state index contributed by atoms with van der Waals surface area (Å²) in [6.45, 7) is 4.24. The number of hydrogen-bond acceptors (Lipinski definition) is 5. The minimum absolute atomic E-state index is 0.183. The maximum atomic E-state index is 12.8. The number of anilines is 1. The van der Waals surface area contributed by atoms with Crippen molar-refractivity contribution in [3.8, 4) is 0 Å². The molecule has 1 aromatic carbocycles. The lowest BCUT2D eigenvalue weighted by Crippen LogP contribution is -2.14. The highest BCUT2D eigenvalue weighted by molar-refractivity contribution is 8.01. The van der Waals surface area contributed by atoms with Crippen molar-refractivity contribution in [1.29, 1.82) is 0 Å². The van der Waals surface area contributed by atoms with E-state index >= 15 is 0 Å². The van der Waals surface area contributed by atoms with Crippen molar-refractivity contribution in [2.24, 2.45) is 0 Å². The molecule has 0 aliphatic carbocycles. The summed E-state index contributed by atoms with van der Waals surface area (Å²) in [7, 11) is 0. The number of rotatable bonds is 6. The Bertz CT molecular complexity index is 601. The number of thioether (sulfide) groups is 1. The molecule has 1 atom stereocenters. The molecule has 0 saturated carbocycles. The molecule has 1 unspecified atom stereocenters. The lowest BCUT2D eigenvalue weighted by atomic mass is 10.1. The number of halogens is 1. The molecule has 1 aromatic heterocycles. The number of carbonyl (C=O) groups excluding carboxylic acids is 1. The molecule has 4 nitrogen and oxygen atoms in total. The first kappa shape index (κ1) is 15.9. The fraction of sp³-hybridized carbons (Fsp3) is 0.357. The van der Waals surface area contributed by atoms with Crippen LogP contribution in [0.4, 0.5) is 9.52 Å². The van der Waals surface area contributed by atoms with Crippen LogP contribution in [0.3, 0.4) is 0 Å². The standard InChI is InChI=1S/C14H16FN3OS2/c1-3-9(2)20-14-18-17-13(21-14)16-12(19)8-10-4-6-11(15)7-5-10/h4-7,9H,3,8H2,1-2H3,(H,16,17,19). The van der Waals surface area contributed by atoms with E-state index in [-0.39, 0.29) is 18.1 Å². The normalized spacial score (nSPS) is 12.1. The van der Waals surface area contributed by atoms with Crippen LogP contribution in [0.25, 0.3) is 0 Å². The number of nitrogens with zero attached hydrogens (tertiary/aromatic N) is 2. The van der Waals surface area contributed by atoms with E-state index in [9.17, 15) is 9.18 Å². The van der Waals surface area contributed by atoms with E-state index in [0.29, 0.717) is 10.4 Å². The topological polar surface area (TPSA) is 54.9 Å². The summed E-state index contributed by atoms with van der Waals surface area (Å²) in [4.78, 5) is 11.9. The molecule has 0 fully saturated rings. The van der Waals surface area contributed by atoms with Crippen LogP contribution >= 0.6 is 23.1 Å². The molecule has 7 heteroatoms. The van der Waals surface area contributed by atoms with E-state index in [1.54, 1.807) is 23.9 Å².